The van der Waals surface area contributed by atoms with Crippen molar-refractivity contribution in [3.8, 4) is 0 Å². The van der Waals surface area contributed by atoms with Crippen molar-refractivity contribution in [2.75, 3.05) is 11.9 Å². The van der Waals surface area contributed by atoms with E-state index < -0.39 is 11.5 Å². The Morgan fingerprint density at radius 2 is 2.05 bits per heavy atom. The number of carbonyl (C=O) groups is 2. The number of rotatable bonds is 5. The molecule has 2 amide bonds. The summed E-state index contributed by atoms with van der Waals surface area (Å²) in [5.74, 6) is -0.861. The number of aliphatic hydroxyl groups is 1. The SMILES string of the molecule is CCC(O)(CC)CNC(=O)C1CC(=O)Nc2ccccc21. The van der Waals surface area contributed by atoms with E-state index in [0.29, 0.717) is 18.5 Å². The molecule has 1 aliphatic rings. The summed E-state index contributed by atoms with van der Waals surface area (Å²) in [5, 5.41) is 15.8. The lowest BCUT2D eigenvalue weighted by molar-refractivity contribution is -0.127. The zero-order chi connectivity index (χ0) is 15.5. The maximum Gasteiger partial charge on any atom is 0.228 e. The van der Waals surface area contributed by atoms with E-state index in [1.54, 1.807) is 6.07 Å². The molecule has 0 radical (unpaired) electrons. The van der Waals surface area contributed by atoms with E-state index >= 15 is 0 Å². The van der Waals surface area contributed by atoms with E-state index in [1.807, 2.05) is 32.0 Å². The number of benzene rings is 1. The van der Waals surface area contributed by atoms with Gasteiger partial charge in [0.15, 0.2) is 0 Å². The van der Waals surface area contributed by atoms with Crippen LogP contribution in [0.15, 0.2) is 24.3 Å². The van der Waals surface area contributed by atoms with E-state index in [-0.39, 0.29) is 24.8 Å². The normalized spacial score (nSPS) is 17.9. The number of hydrogen-bond acceptors (Lipinski definition) is 3. The van der Waals surface area contributed by atoms with Gasteiger partial charge in [-0.2, -0.15) is 0 Å². The molecule has 1 unspecified atom stereocenters. The second kappa shape index (κ2) is 6.26. The van der Waals surface area contributed by atoms with Gasteiger partial charge in [-0.05, 0) is 24.5 Å². The highest BCUT2D eigenvalue weighted by atomic mass is 16.3. The zero-order valence-corrected chi connectivity index (χ0v) is 12.5. The summed E-state index contributed by atoms with van der Waals surface area (Å²) in [6, 6.07) is 7.32. The Morgan fingerprint density at radius 3 is 2.71 bits per heavy atom. The number of fused-ring (bicyclic) bond motifs is 1. The van der Waals surface area contributed by atoms with Crippen LogP contribution in [-0.2, 0) is 9.59 Å². The van der Waals surface area contributed by atoms with Crippen LogP contribution < -0.4 is 10.6 Å². The maximum atomic E-state index is 12.4. The molecule has 0 fully saturated rings. The van der Waals surface area contributed by atoms with Crippen molar-refractivity contribution in [2.24, 2.45) is 0 Å². The van der Waals surface area contributed by atoms with Crippen molar-refractivity contribution in [2.45, 2.75) is 44.6 Å². The standard InChI is InChI=1S/C16H22N2O3/c1-3-16(21,4-2)10-17-15(20)12-9-14(19)18-13-8-6-5-7-11(12)13/h5-8,12,21H,3-4,9-10H2,1-2H3,(H,17,20)(H,18,19). The van der Waals surface area contributed by atoms with Crippen LogP contribution in [0.2, 0.25) is 0 Å². The van der Waals surface area contributed by atoms with Crippen molar-refractivity contribution in [1.82, 2.24) is 5.32 Å². The van der Waals surface area contributed by atoms with E-state index in [4.69, 9.17) is 0 Å². The number of para-hydroxylation sites is 1. The molecule has 1 aromatic rings. The van der Waals surface area contributed by atoms with Crippen LogP contribution in [0.4, 0.5) is 5.69 Å². The third-order valence-corrected chi connectivity index (χ3v) is 4.22. The number of hydrogen-bond donors (Lipinski definition) is 3. The van der Waals surface area contributed by atoms with Gasteiger partial charge in [0.1, 0.15) is 0 Å². The Labute approximate surface area is 124 Å². The second-order valence-corrected chi connectivity index (χ2v) is 5.54. The zero-order valence-electron chi connectivity index (χ0n) is 12.5. The van der Waals surface area contributed by atoms with Crippen molar-refractivity contribution in [1.29, 1.82) is 0 Å². The Morgan fingerprint density at radius 1 is 1.38 bits per heavy atom. The molecule has 0 saturated heterocycles. The summed E-state index contributed by atoms with van der Waals surface area (Å²) in [5.41, 5.74) is 0.632. The number of carbonyl (C=O) groups excluding carboxylic acids is 2. The molecule has 3 N–H and O–H groups in total. The molecule has 1 aliphatic heterocycles. The van der Waals surface area contributed by atoms with Crippen LogP contribution in [0, 0.1) is 0 Å². The molecule has 1 aromatic carbocycles. The second-order valence-electron chi connectivity index (χ2n) is 5.54. The summed E-state index contributed by atoms with van der Waals surface area (Å²) in [4.78, 5) is 24.1. The van der Waals surface area contributed by atoms with Crippen molar-refractivity contribution >= 4 is 17.5 Å². The fourth-order valence-corrected chi connectivity index (χ4v) is 2.52. The van der Waals surface area contributed by atoms with Gasteiger partial charge in [0, 0.05) is 18.7 Å². The summed E-state index contributed by atoms with van der Waals surface area (Å²) < 4.78 is 0. The van der Waals surface area contributed by atoms with Crippen LogP contribution in [0.5, 0.6) is 0 Å². The molecule has 5 heteroatoms. The summed E-state index contributed by atoms with van der Waals surface area (Å²) in [6.07, 6.45) is 1.29. The average molecular weight is 290 g/mol. The predicted molar refractivity (Wildman–Crippen MR) is 81.0 cm³/mol. The van der Waals surface area contributed by atoms with Crippen molar-refractivity contribution < 1.29 is 14.7 Å². The largest absolute Gasteiger partial charge is 0.388 e. The smallest absolute Gasteiger partial charge is 0.228 e. The molecule has 0 saturated carbocycles. The van der Waals surface area contributed by atoms with Crippen LogP contribution in [0.3, 0.4) is 0 Å². The fourth-order valence-electron chi connectivity index (χ4n) is 2.52. The van der Waals surface area contributed by atoms with Crippen molar-refractivity contribution in [3.63, 3.8) is 0 Å². The lowest BCUT2D eigenvalue weighted by Crippen LogP contribution is -2.44. The molecule has 0 spiro atoms. The van der Waals surface area contributed by atoms with Gasteiger partial charge in [-0.1, -0.05) is 32.0 Å². The first-order chi connectivity index (χ1) is 9.99. The summed E-state index contributed by atoms with van der Waals surface area (Å²) in [6.45, 7) is 3.98. The highest BCUT2D eigenvalue weighted by Crippen LogP contribution is 2.32. The Hall–Kier alpha value is -1.88. The molecule has 1 atom stereocenters. The van der Waals surface area contributed by atoms with Gasteiger partial charge in [0.05, 0.1) is 11.5 Å². The first-order valence-electron chi connectivity index (χ1n) is 7.38. The first-order valence-corrected chi connectivity index (χ1v) is 7.38. The van der Waals surface area contributed by atoms with Gasteiger partial charge in [0.25, 0.3) is 0 Å². The molecule has 5 nitrogen and oxygen atoms in total. The lowest BCUT2D eigenvalue weighted by atomic mass is 9.89. The van der Waals surface area contributed by atoms with E-state index in [2.05, 4.69) is 10.6 Å². The summed E-state index contributed by atoms with van der Waals surface area (Å²) in [7, 11) is 0. The monoisotopic (exact) mass is 290 g/mol. The van der Waals surface area contributed by atoms with Crippen LogP contribution >= 0.6 is 0 Å². The Balaban J connectivity index is 2.11. The Bertz CT molecular complexity index is 538. The first kappa shape index (κ1) is 15.5. The van der Waals surface area contributed by atoms with Crippen LogP contribution in [0.1, 0.15) is 44.6 Å². The minimum atomic E-state index is -0.883. The Kier molecular flexibility index (Phi) is 4.63. The van der Waals surface area contributed by atoms with Crippen LogP contribution in [0.25, 0.3) is 0 Å². The highest BCUT2D eigenvalue weighted by molar-refractivity contribution is 6.01. The van der Waals surface area contributed by atoms with E-state index in [9.17, 15) is 14.7 Å². The quantitative estimate of drug-likeness (QED) is 0.773. The van der Waals surface area contributed by atoms with Crippen LogP contribution in [-0.4, -0.2) is 29.1 Å². The minimum Gasteiger partial charge on any atom is -0.388 e. The lowest BCUT2D eigenvalue weighted by Gasteiger charge is -2.28. The van der Waals surface area contributed by atoms with Gasteiger partial charge < -0.3 is 15.7 Å². The molecular formula is C16H22N2O3. The molecule has 2 rings (SSSR count). The molecule has 1 heterocycles. The highest BCUT2D eigenvalue weighted by Gasteiger charge is 2.31. The molecule has 114 valence electrons. The summed E-state index contributed by atoms with van der Waals surface area (Å²) >= 11 is 0. The average Bonchev–Trinajstić information content (AvgIpc) is 2.51. The number of amides is 2. The predicted octanol–water partition coefficient (Wildman–Crippen LogP) is 1.78. The van der Waals surface area contributed by atoms with Gasteiger partial charge in [-0.3, -0.25) is 9.59 Å². The molecular weight excluding hydrogens is 268 g/mol. The third kappa shape index (κ3) is 3.42. The van der Waals surface area contributed by atoms with Gasteiger partial charge >= 0.3 is 0 Å². The third-order valence-electron chi connectivity index (χ3n) is 4.22. The maximum absolute atomic E-state index is 12.4. The van der Waals surface area contributed by atoms with E-state index in [0.717, 1.165) is 5.56 Å². The molecule has 0 aliphatic carbocycles. The fraction of sp³-hybridized carbons (Fsp3) is 0.500. The van der Waals surface area contributed by atoms with Gasteiger partial charge in [-0.15, -0.1) is 0 Å². The van der Waals surface area contributed by atoms with Crippen molar-refractivity contribution in [3.05, 3.63) is 29.8 Å². The minimum absolute atomic E-state index is 0.138. The topological polar surface area (TPSA) is 78.4 Å². The molecule has 0 aromatic heterocycles. The number of anilines is 1. The van der Waals surface area contributed by atoms with Gasteiger partial charge in [0.2, 0.25) is 11.8 Å². The molecule has 21 heavy (non-hydrogen) atoms. The number of nitrogens with one attached hydrogen (secondary N) is 2. The van der Waals surface area contributed by atoms with Gasteiger partial charge in [-0.25, -0.2) is 0 Å². The van der Waals surface area contributed by atoms with E-state index in [1.165, 1.54) is 0 Å². The molecule has 0 bridgehead atoms.